The van der Waals surface area contributed by atoms with E-state index in [0.717, 1.165) is 50.1 Å². The monoisotopic (exact) mass is 451 g/mol. The minimum Gasteiger partial charge on any atom is -0.400 e. The molecule has 2 saturated heterocycles. The molecule has 1 N–H and O–H groups in total. The summed E-state index contributed by atoms with van der Waals surface area (Å²) in [7, 11) is 1.00. The molecular weight excluding hydrogens is 426 g/mol. The number of anilines is 1. The van der Waals surface area contributed by atoms with Crippen molar-refractivity contribution >= 4 is 49.7 Å². The molecule has 0 amide bonds. The molecule has 2 aliphatic heterocycles. The Balaban J connectivity index is 0.00000105. The van der Waals surface area contributed by atoms with Gasteiger partial charge < -0.3 is 14.9 Å². The van der Waals surface area contributed by atoms with Crippen LogP contribution in [0.2, 0.25) is 0 Å². The Morgan fingerprint density at radius 2 is 1.88 bits per heavy atom. The van der Waals surface area contributed by atoms with Crippen LogP contribution < -0.4 is 10.3 Å². The summed E-state index contributed by atoms with van der Waals surface area (Å²) in [5, 5.41) is 7.39. The molecule has 166 valence electrons. The normalized spacial score (nSPS) is 20.7. The number of fused-ring (bicyclic) bond motifs is 6. The van der Waals surface area contributed by atoms with Gasteiger partial charge in [0.25, 0.3) is 0 Å². The summed E-state index contributed by atoms with van der Waals surface area (Å²) in [5.74, 6) is 1.96. The predicted octanol–water partition coefficient (Wildman–Crippen LogP) is 2.27. The number of carbonyl (C=O) groups is 1. The number of benzene rings is 1. The highest BCUT2D eigenvalue weighted by atomic mass is 32.1. The van der Waals surface area contributed by atoms with Crippen LogP contribution in [0.5, 0.6) is 0 Å². The lowest BCUT2D eigenvalue weighted by atomic mass is 10.0. The molecule has 8 nitrogen and oxygen atoms in total. The summed E-state index contributed by atoms with van der Waals surface area (Å²) in [6.07, 6.45) is 2.25. The first-order valence-electron chi connectivity index (χ1n) is 10.8. The smallest absolute Gasteiger partial charge is 0.227 e. The maximum atomic E-state index is 13.0. The Kier molecular flexibility index (Phi) is 5.40. The molecule has 5 heterocycles. The maximum Gasteiger partial charge on any atom is 0.227 e. The molecule has 3 aromatic heterocycles. The van der Waals surface area contributed by atoms with Gasteiger partial charge in [0, 0.05) is 39.5 Å². The molecule has 0 bridgehead atoms. The van der Waals surface area contributed by atoms with Gasteiger partial charge in [0.2, 0.25) is 11.4 Å². The van der Waals surface area contributed by atoms with Crippen LogP contribution in [-0.4, -0.2) is 70.5 Å². The van der Waals surface area contributed by atoms with Crippen LogP contribution >= 0.6 is 11.3 Å². The number of pyridine rings is 1. The third kappa shape index (κ3) is 3.11. The first-order chi connectivity index (χ1) is 15.7. The zero-order valence-electron chi connectivity index (χ0n) is 18.1. The zero-order valence-corrected chi connectivity index (χ0v) is 18.9. The van der Waals surface area contributed by atoms with E-state index in [9.17, 15) is 9.59 Å². The topological polar surface area (TPSA) is 91.0 Å². The standard InChI is InChI=1S/C22H21N5O2S.CH4O/c1-2-25-8-13-10-26(11-14(13)9-25)22-23-7-15-19(29)16(12-28)21-27(20(15)24-22)17-5-3-4-6-18(17)30-21;1-2/h3-7,12-14H,2,8-11H2,1H3;2H,1H3. The number of hydrogen-bond acceptors (Lipinski definition) is 8. The van der Waals surface area contributed by atoms with Crippen molar-refractivity contribution < 1.29 is 9.90 Å². The molecule has 0 aliphatic carbocycles. The van der Waals surface area contributed by atoms with Gasteiger partial charge in [0.15, 0.2) is 11.9 Å². The first-order valence-corrected chi connectivity index (χ1v) is 11.6. The summed E-state index contributed by atoms with van der Waals surface area (Å²) < 4.78 is 2.96. The molecule has 2 fully saturated rings. The minimum atomic E-state index is -0.296. The van der Waals surface area contributed by atoms with Crippen LogP contribution in [0.25, 0.3) is 26.1 Å². The van der Waals surface area contributed by atoms with Gasteiger partial charge in [-0.2, -0.15) is 4.98 Å². The van der Waals surface area contributed by atoms with E-state index in [-0.39, 0.29) is 11.0 Å². The molecule has 9 heteroatoms. The number of hydrogen-bond donors (Lipinski definition) is 1. The summed E-state index contributed by atoms with van der Waals surface area (Å²) in [6, 6.07) is 7.92. The predicted molar refractivity (Wildman–Crippen MR) is 127 cm³/mol. The number of aliphatic hydroxyl groups excluding tert-OH is 1. The van der Waals surface area contributed by atoms with E-state index < -0.39 is 0 Å². The van der Waals surface area contributed by atoms with Crippen LogP contribution in [0, 0.1) is 11.8 Å². The fourth-order valence-corrected chi connectivity index (χ4v) is 6.22. The van der Waals surface area contributed by atoms with Crippen molar-refractivity contribution in [3.63, 3.8) is 0 Å². The molecule has 0 radical (unpaired) electrons. The van der Waals surface area contributed by atoms with Crippen molar-refractivity contribution in [2.75, 3.05) is 44.7 Å². The van der Waals surface area contributed by atoms with Crippen LogP contribution in [0.3, 0.4) is 0 Å². The van der Waals surface area contributed by atoms with Crippen molar-refractivity contribution in [3.8, 4) is 0 Å². The summed E-state index contributed by atoms with van der Waals surface area (Å²) in [6.45, 7) is 7.47. The number of nitrogens with zero attached hydrogens (tertiary/aromatic N) is 5. The van der Waals surface area contributed by atoms with E-state index in [4.69, 9.17) is 10.1 Å². The molecule has 32 heavy (non-hydrogen) atoms. The second kappa shape index (κ2) is 8.23. The second-order valence-corrected chi connectivity index (χ2v) is 9.29. The van der Waals surface area contributed by atoms with E-state index in [1.165, 1.54) is 11.3 Å². The molecule has 6 rings (SSSR count). The number of para-hydroxylation sites is 1. The van der Waals surface area contributed by atoms with Crippen LogP contribution in [-0.2, 0) is 0 Å². The van der Waals surface area contributed by atoms with E-state index in [1.54, 1.807) is 6.20 Å². The van der Waals surface area contributed by atoms with E-state index in [0.29, 0.717) is 39.9 Å². The fourth-order valence-electron chi connectivity index (χ4n) is 5.08. The van der Waals surface area contributed by atoms with Gasteiger partial charge in [0.05, 0.1) is 21.2 Å². The van der Waals surface area contributed by atoms with Crippen molar-refractivity contribution in [1.82, 2.24) is 19.3 Å². The van der Waals surface area contributed by atoms with Gasteiger partial charge in [-0.15, -0.1) is 11.3 Å². The lowest BCUT2D eigenvalue weighted by Crippen LogP contribution is -2.29. The highest BCUT2D eigenvalue weighted by molar-refractivity contribution is 7.24. The molecule has 0 spiro atoms. The third-order valence-corrected chi connectivity index (χ3v) is 7.77. The van der Waals surface area contributed by atoms with Gasteiger partial charge in [-0.1, -0.05) is 19.1 Å². The summed E-state index contributed by atoms with van der Waals surface area (Å²) >= 11 is 1.45. The van der Waals surface area contributed by atoms with Crippen LogP contribution in [0.1, 0.15) is 17.3 Å². The van der Waals surface area contributed by atoms with Gasteiger partial charge in [-0.3, -0.25) is 14.0 Å². The zero-order chi connectivity index (χ0) is 22.4. The SMILES string of the molecule is CCN1CC2CN(c3ncc4c(=O)c(C=O)c5sc6ccccc6n5c4n3)CC2C1.CO. The second-order valence-electron chi connectivity index (χ2n) is 8.26. The van der Waals surface area contributed by atoms with Crippen LogP contribution in [0.15, 0.2) is 35.3 Å². The molecule has 2 unspecified atom stereocenters. The maximum absolute atomic E-state index is 13.0. The van der Waals surface area contributed by atoms with E-state index >= 15 is 0 Å². The highest BCUT2D eigenvalue weighted by Crippen LogP contribution is 2.34. The Labute approximate surface area is 188 Å². The first kappa shape index (κ1) is 21.0. The largest absolute Gasteiger partial charge is 0.400 e. The van der Waals surface area contributed by atoms with Gasteiger partial charge in [0.1, 0.15) is 4.83 Å². The lowest BCUT2D eigenvalue weighted by molar-refractivity contribution is 0.112. The van der Waals surface area contributed by atoms with E-state index in [2.05, 4.69) is 21.7 Å². The molecular formula is C23H25N5O3S. The minimum absolute atomic E-state index is 0.176. The van der Waals surface area contributed by atoms with Crippen LogP contribution in [0.4, 0.5) is 5.95 Å². The fraction of sp³-hybridized carbons (Fsp3) is 0.391. The molecule has 2 aliphatic rings. The average Bonchev–Trinajstić information content (AvgIpc) is 3.51. The molecule has 0 saturated carbocycles. The van der Waals surface area contributed by atoms with Gasteiger partial charge in [-0.05, 0) is 30.5 Å². The summed E-state index contributed by atoms with van der Waals surface area (Å²) in [4.78, 5) is 39.5. The third-order valence-electron chi connectivity index (χ3n) is 6.61. The quantitative estimate of drug-likeness (QED) is 0.478. The molecule has 4 aromatic rings. The Bertz CT molecular complexity index is 1370. The van der Waals surface area contributed by atoms with Crippen molar-refractivity contribution in [2.45, 2.75) is 6.92 Å². The average molecular weight is 452 g/mol. The van der Waals surface area contributed by atoms with E-state index in [1.807, 2.05) is 28.7 Å². The Morgan fingerprint density at radius 3 is 2.56 bits per heavy atom. The Morgan fingerprint density at radius 1 is 1.16 bits per heavy atom. The lowest BCUT2D eigenvalue weighted by Gasteiger charge is -2.20. The van der Waals surface area contributed by atoms with Crippen molar-refractivity contribution in [3.05, 3.63) is 46.2 Å². The molecule has 1 aromatic carbocycles. The number of likely N-dealkylation sites (tertiary alicyclic amines) is 1. The Hall–Kier alpha value is -2.88. The highest BCUT2D eigenvalue weighted by Gasteiger charge is 2.40. The number of aliphatic hydroxyl groups is 1. The van der Waals surface area contributed by atoms with Gasteiger partial charge >= 0.3 is 0 Å². The number of aldehydes is 1. The number of rotatable bonds is 3. The molecule has 2 atom stereocenters. The number of thiazole rings is 1. The van der Waals surface area contributed by atoms with Gasteiger partial charge in [-0.25, -0.2) is 4.98 Å². The van der Waals surface area contributed by atoms with Crippen molar-refractivity contribution in [2.24, 2.45) is 11.8 Å². The number of aromatic nitrogens is 3. The van der Waals surface area contributed by atoms with Crippen molar-refractivity contribution in [1.29, 1.82) is 0 Å². The number of carbonyl (C=O) groups excluding carboxylic acids is 1. The summed E-state index contributed by atoms with van der Waals surface area (Å²) in [5.41, 5.74) is 1.41.